The number of benzene rings is 2. The molecule has 1 unspecified atom stereocenters. The molecule has 1 atom stereocenters. The maximum Gasteiger partial charge on any atom is 0.0315 e. The van der Waals surface area contributed by atoms with Gasteiger partial charge in [0.25, 0.3) is 0 Å². The van der Waals surface area contributed by atoms with Gasteiger partial charge in [0, 0.05) is 5.41 Å². The van der Waals surface area contributed by atoms with Crippen LogP contribution in [0.3, 0.4) is 0 Å². The molecule has 0 heteroatoms. The van der Waals surface area contributed by atoms with Crippen molar-refractivity contribution < 1.29 is 0 Å². The molecule has 20 heavy (non-hydrogen) atoms. The van der Waals surface area contributed by atoms with Gasteiger partial charge in [-0.3, -0.25) is 0 Å². The zero-order valence-electron chi connectivity index (χ0n) is 11.7. The minimum absolute atomic E-state index is 0.0648. The van der Waals surface area contributed by atoms with Crippen molar-refractivity contribution in [3.63, 3.8) is 0 Å². The van der Waals surface area contributed by atoms with Crippen molar-refractivity contribution in [2.24, 2.45) is 0 Å². The minimum Gasteiger partial charge on any atom is -0.0873 e. The fourth-order valence-electron chi connectivity index (χ4n) is 2.92. The summed E-state index contributed by atoms with van der Waals surface area (Å²) in [5.74, 6) is 0. The first kappa shape index (κ1) is 12.9. The summed E-state index contributed by atoms with van der Waals surface area (Å²) in [5.41, 5.74) is 2.72. The Hall–Kier alpha value is -2.08. The van der Waals surface area contributed by atoms with Crippen LogP contribution in [-0.4, -0.2) is 0 Å². The lowest BCUT2D eigenvalue weighted by atomic mass is 9.73. The molecule has 0 nitrogen and oxygen atoms in total. The summed E-state index contributed by atoms with van der Waals surface area (Å²) >= 11 is 0. The van der Waals surface area contributed by atoms with Crippen molar-refractivity contribution >= 4 is 6.08 Å². The zero-order valence-corrected chi connectivity index (χ0v) is 11.7. The van der Waals surface area contributed by atoms with Crippen LogP contribution in [-0.2, 0) is 5.41 Å². The molecule has 0 saturated heterocycles. The van der Waals surface area contributed by atoms with Crippen LogP contribution in [0.4, 0.5) is 0 Å². The molecule has 1 aliphatic carbocycles. The molecule has 0 saturated carbocycles. The predicted octanol–water partition coefficient (Wildman–Crippen LogP) is 5.38. The highest BCUT2D eigenvalue weighted by atomic mass is 14.3. The second-order valence-corrected chi connectivity index (χ2v) is 5.45. The third kappa shape index (κ3) is 2.75. The molecule has 2 aromatic carbocycles. The van der Waals surface area contributed by atoms with E-state index in [2.05, 4.69) is 85.0 Å². The summed E-state index contributed by atoms with van der Waals surface area (Å²) in [6, 6.07) is 21.4. The molecule has 0 radical (unpaired) electrons. The van der Waals surface area contributed by atoms with Crippen LogP contribution in [0.25, 0.3) is 6.08 Å². The van der Waals surface area contributed by atoms with Gasteiger partial charge < -0.3 is 0 Å². The van der Waals surface area contributed by atoms with Crippen molar-refractivity contribution in [2.75, 3.05) is 0 Å². The Morgan fingerprint density at radius 2 is 1.55 bits per heavy atom. The van der Waals surface area contributed by atoms with Gasteiger partial charge in [-0.15, -0.1) is 0 Å². The summed E-state index contributed by atoms with van der Waals surface area (Å²) in [6.45, 7) is 0. The van der Waals surface area contributed by atoms with E-state index in [9.17, 15) is 0 Å². The number of hydrogen-bond acceptors (Lipinski definition) is 0. The Kier molecular flexibility index (Phi) is 3.83. The third-order valence-corrected chi connectivity index (χ3v) is 4.06. The second kappa shape index (κ2) is 5.92. The first-order valence-electron chi connectivity index (χ1n) is 7.37. The molecule has 0 N–H and O–H groups in total. The van der Waals surface area contributed by atoms with E-state index in [0.717, 1.165) is 0 Å². The van der Waals surface area contributed by atoms with Gasteiger partial charge in [0.05, 0.1) is 0 Å². The summed E-state index contributed by atoms with van der Waals surface area (Å²) in [7, 11) is 0. The van der Waals surface area contributed by atoms with E-state index < -0.39 is 0 Å². The highest BCUT2D eigenvalue weighted by Crippen LogP contribution is 2.36. The van der Waals surface area contributed by atoms with Gasteiger partial charge in [0.2, 0.25) is 0 Å². The quantitative estimate of drug-likeness (QED) is 0.650. The standard InChI is InChI=1S/C20H20/c1-4-10-18(11-5-1)14-17-20(15-8-3-9-16-20)19-12-6-2-7-13-19/h1-2,4-8,10-15,17H,3,9,16H2/b17-14-. The van der Waals surface area contributed by atoms with Crippen LogP contribution in [0.5, 0.6) is 0 Å². The molecule has 1 aliphatic rings. The van der Waals surface area contributed by atoms with Crippen molar-refractivity contribution in [3.8, 4) is 0 Å². The second-order valence-electron chi connectivity index (χ2n) is 5.45. The number of hydrogen-bond donors (Lipinski definition) is 0. The lowest BCUT2D eigenvalue weighted by molar-refractivity contribution is 0.548. The lowest BCUT2D eigenvalue weighted by Gasteiger charge is -2.31. The minimum atomic E-state index is 0.0648. The van der Waals surface area contributed by atoms with Gasteiger partial charge in [0.1, 0.15) is 0 Å². The topological polar surface area (TPSA) is 0 Å². The predicted molar refractivity (Wildman–Crippen MR) is 86.6 cm³/mol. The van der Waals surface area contributed by atoms with E-state index >= 15 is 0 Å². The fraction of sp³-hybridized carbons (Fsp3) is 0.200. The molecule has 0 aliphatic heterocycles. The molecule has 0 bridgehead atoms. The Morgan fingerprint density at radius 3 is 2.20 bits per heavy atom. The van der Waals surface area contributed by atoms with Gasteiger partial charge in [-0.1, -0.05) is 85.0 Å². The largest absolute Gasteiger partial charge is 0.0873 e. The monoisotopic (exact) mass is 260 g/mol. The van der Waals surface area contributed by atoms with E-state index in [-0.39, 0.29) is 5.41 Å². The summed E-state index contributed by atoms with van der Waals surface area (Å²) in [6.07, 6.45) is 13.0. The Morgan fingerprint density at radius 1 is 0.850 bits per heavy atom. The average Bonchev–Trinajstić information content (AvgIpc) is 2.56. The summed E-state index contributed by atoms with van der Waals surface area (Å²) in [5, 5.41) is 0. The highest BCUT2D eigenvalue weighted by molar-refractivity contribution is 5.54. The Bertz CT molecular complexity index is 592. The summed E-state index contributed by atoms with van der Waals surface area (Å²) in [4.78, 5) is 0. The third-order valence-electron chi connectivity index (χ3n) is 4.06. The maximum absolute atomic E-state index is 2.38. The first-order chi connectivity index (χ1) is 9.89. The molecule has 100 valence electrons. The van der Waals surface area contributed by atoms with E-state index in [4.69, 9.17) is 0 Å². The average molecular weight is 260 g/mol. The van der Waals surface area contributed by atoms with E-state index in [1.165, 1.54) is 30.4 Å². The van der Waals surface area contributed by atoms with Crippen LogP contribution in [0.15, 0.2) is 78.9 Å². The maximum atomic E-state index is 2.38. The van der Waals surface area contributed by atoms with Crippen LogP contribution in [0.1, 0.15) is 30.4 Å². The molecule has 0 amide bonds. The normalized spacial score (nSPS) is 22.2. The van der Waals surface area contributed by atoms with Crippen molar-refractivity contribution in [3.05, 3.63) is 90.0 Å². The van der Waals surface area contributed by atoms with E-state index in [1.54, 1.807) is 0 Å². The van der Waals surface area contributed by atoms with E-state index in [1.807, 2.05) is 0 Å². The van der Waals surface area contributed by atoms with Gasteiger partial charge >= 0.3 is 0 Å². The van der Waals surface area contributed by atoms with Crippen LogP contribution in [0.2, 0.25) is 0 Å². The molecule has 3 rings (SSSR count). The molecule has 0 fully saturated rings. The Balaban J connectivity index is 1.97. The molecular weight excluding hydrogens is 240 g/mol. The van der Waals surface area contributed by atoms with Gasteiger partial charge in [0.15, 0.2) is 0 Å². The van der Waals surface area contributed by atoms with E-state index in [0.29, 0.717) is 0 Å². The molecule has 0 spiro atoms. The number of allylic oxidation sites excluding steroid dienone is 3. The Labute approximate surface area is 121 Å². The fourth-order valence-corrected chi connectivity index (χ4v) is 2.92. The first-order valence-corrected chi connectivity index (χ1v) is 7.37. The van der Waals surface area contributed by atoms with Gasteiger partial charge in [-0.2, -0.15) is 0 Å². The molecular formula is C20H20. The van der Waals surface area contributed by atoms with Crippen LogP contribution < -0.4 is 0 Å². The van der Waals surface area contributed by atoms with Crippen molar-refractivity contribution in [2.45, 2.75) is 24.7 Å². The SMILES string of the molecule is C1=CC(/C=C\c2ccccc2)(c2ccccc2)CCC1. The molecule has 0 aromatic heterocycles. The zero-order chi connectivity index (χ0) is 13.7. The lowest BCUT2D eigenvalue weighted by Crippen LogP contribution is -2.22. The summed E-state index contributed by atoms with van der Waals surface area (Å²) < 4.78 is 0. The van der Waals surface area contributed by atoms with Gasteiger partial charge in [-0.25, -0.2) is 0 Å². The van der Waals surface area contributed by atoms with Crippen LogP contribution in [0, 0.1) is 0 Å². The van der Waals surface area contributed by atoms with Gasteiger partial charge in [-0.05, 0) is 30.4 Å². The van der Waals surface area contributed by atoms with Crippen LogP contribution >= 0.6 is 0 Å². The van der Waals surface area contributed by atoms with Crippen molar-refractivity contribution in [1.82, 2.24) is 0 Å². The molecule has 2 aromatic rings. The smallest absolute Gasteiger partial charge is 0.0315 e. The number of rotatable bonds is 3. The van der Waals surface area contributed by atoms with Crippen molar-refractivity contribution in [1.29, 1.82) is 0 Å². The molecule has 0 heterocycles. The highest BCUT2D eigenvalue weighted by Gasteiger charge is 2.27.